The maximum absolute atomic E-state index is 12.0. The molecule has 0 atom stereocenters. The molecule has 0 saturated heterocycles. The molecule has 1 amide bonds. The quantitative estimate of drug-likeness (QED) is 0.318. The van der Waals surface area contributed by atoms with Gasteiger partial charge in [-0.05, 0) is 37.1 Å². The van der Waals surface area contributed by atoms with Gasteiger partial charge in [-0.2, -0.15) is 0 Å². The number of amides is 1. The molecule has 140 valence electrons. The number of rotatable bonds is 7. The van der Waals surface area contributed by atoms with Gasteiger partial charge >= 0.3 is 0 Å². The molecule has 0 saturated carbocycles. The zero-order valence-electron chi connectivity index (χ0n) is 14.7. The first-order chi connectivity index (χ1) is 12.2. The molecule has 2 aromatic carbocycles. The highest BCUT2D eigenvalue weighted by Gasteiger charge is 2.04. The number of para-hydroxylation sites is 1. The van der Waals surface area contributed by atoms with Crippen molar-refractivity contribution in [3.8, 4) is 0 Å². The number of halogens is 2. The van der Waals surface area contributed by atoms with Gasteiger partial charge in [-0.25, -0.2) is 4.99 Å². The third-order valence-electron chi connectivity index (χ3n) is 3.43. The van der Waals surface area contributed by atoms with Gasteiger partial charge in [-0.1, -0.05) is 48.0 Å². The zero-order chi connectivity index (χ0) is 17.9. The first-order valence-corrected chi connectivity index (χ1v) is 8.67. The standard InChI is InChI=1S/C19H23ClN4O.HI/c1-2-21-19(22-13-12-15-8-6-7-11-17(15)20)23-14-18(25)24-16-9-4-3-5-10-16;/h3-11H,2,12-14H2,1H3,(H,24,25)(H2,21,22,23);1H. The van der Waals surface area contributed by atoms with Crippen molar-refractivity contribution in [1.29, 1.82) is 0 Å². The van der Waals surface area contributed by atoms with Gasteiger partial charge < -0.3 is 16.0 Å². The smallest absolute Gasteiger partial charge is 0.246 e. The van der Waals surface area contributed by atoms with Crippen LogP contribution in [0.1, 0.15) is 12.5 Å². The monoisotopic (exact) mass is 486 g/mol. The molecule has 26 heavy (non-hydrogen) atoms. The minimum Gasteiger partial charge on any atom is -0.357 e. The number of nitrogens with one attached hydrogen (secondary N) is 3. The van der Waals surface area contributed by atoms with Gasteiger partial charge in [0, 0.05) is 23.8 Å². The second-order valence-corrected chi connectivity index (χ2v) is 5.78. The molecule has 0 radical (unpaired) electrons. The Morgan fingerprint density at radius 1 is 1.04 bits per heavy atom. The third kappa shape index (κ3) is 8.05. The second kappa shape index (κ2) is 12.5. The molecule has 0 aromatic heterocycles. The van der Waals surface area contributed by atoms with Crippen LogP contribution in [0.2, 0.25) is 5.02 Å². The lowest BCUT2D eigenvalue weighted by Crippen LogP contribution is -2.39. The predicted molar refractivity (Wildman–Crippen MR) is 120 cm³/mol. The topological polar surface area (TPSA) is 65.5 Å². The van der Waals surface area contributed by atoms with E-state index in [1.807, 2.05) is 61.5 Å². The van der Waals surface area contributed by atoms with Gasteiger partial charge in [0.25, 0.3) is 0 Å². The van der Waals surface area contributed by atoms with E-state index in [0.717, 1.165) is 29.2 Å². The minimum atomic E-state index is -0.158. The Balaban J connectivity index is 0.00000338. The van der Waals surface area contributed by atoms with Crippen molar-refractivity contribution < 1.29 is 4.79 Å². The van der Waals surface area contributed by atoms with Crippen LogP contribution in [0.5, 0.6) is 0 Å². The van der Waals surface area contributed by atoms with Crippen molar-refractivity contribution in [2.45, 2.75) is 13.3 Å². The molecule has 0 fully saturated rings. The summed E-state index contributed by atoms with van der Waals surface area (Å²) in [6.07, 6.45) is 0.778. The van der Waals surface area contributed by atoms with E-state index in [9.17, 15) is 4.79 Å². The fraction of sp³-hybridized carbons (Fsp3) is 0.263. The van der Waals surface area contributed by atoms with E-state index in [-0.39, 0.29) is 36.4 Å². The van der Waals surface area contributed by atoms with Crippen LogP contribution < -0.4 is 16.0 Å². The molecular weight excluding hydrogens is 463 g/mol. The fourth-order valence-corrected chi connectivity index (χ4v) is 2.46. The molecule has 0 aliphatic rings. The second-order valence-electron chi connectivity index (χ2n) is 5.38. The van der Waals surface area contributed by atoms with Crippen LogP contribution in [0.4, 0.5) is 5.69 Å². The number of hydrogen-bond donors (Lipinski definition) is 3. The molecule has 0 aliphatic carbocycles. The molecule has 5 nitrogen and oxygen atoms in total. The van der Waals surface area contributed by atoms with E-state index < -0.39 is 0 Å². The number of benzene rings is 2. The van der Waals surface area contributed by atoms with Gasteiger partial charge in [-0.15, -0.1) is 24.0 Å². The Bertz CT molecular complexity index is 710. The summed E-state index contributed by atoms with van der Waals surface area (Å²) >= 11 is 6.15. The van der Waals surface area contributed by atoms with Crippen molar-refractivity contribution in [3.63, 3.8) is 0 Å². The molecule has 0 bridgehead atoms. The van der Waals surface area contributed by atoms with Crippen LogP contribution in [0.25, 0.3) is 0 Å². The lowest BCUT2D eigenvalue weighted by Gasteiger charge is -2.12. The summed E-state index contributed by atoms with van der Waals surface area (Å²) in [6, 6.07) is 17.1. The largest absolute Gasteiger partial charge is 0.357 e. The zero-order valence-corrected chi connectivity index (χ0v) is 17.8. The molecule has 2 rings (SSSR count). The van der Waals surface area contributed by atoms with Gasteiger partial charge in [0.1, 0.15) is 6.54 Å². The van der Waals surface area contributed by atoms with Gasteiger partial charge in [0.15, 0.2) is 5.96 Å². The summed E-state index contributed by atoms with van der Waals surface area (Å²) in [5, 5.41) is 9.91. The van der Waals surface area contributed by atoms with Crippen LogP contribution in [-0.4, -0.2) is 31.5 Å². The first-order valence-electron chi connectivity index (χ1n) is 8.29. The Morgan fingerprint density at radius 2 is 1.73 bits per heavy atom. The number of nitrogens with zero attached hydrogens (tertiary/aromatic N) is 1. The summed E-state index contributed by atoms with van der Waals surface area (Å²) < 4.78 is 0. The molecule has 0 heterocycles. The van der Waals surface area contributed by atoms with Crippen molar-refractivity contribution in [3.05, 3.63) is 65.2 Å². The highest BCUT2D eigenvalue weighted by atomic mass is 127. The van der Waals surface area contributed by atoms with E-state index in [1.165, 1.54) is 0 Å². The molecule has 2 aromatic rings. The van der Waals surface area contributed by atoms with Crippen molar-refractivity contribution >= 4 is 53.1 Å². The molecule has 0 aliphatic heterocycles. The Labute approximate surface area is 176 Å². The summed E-state index contributed by atoms with van der Waals surface area (Å²) in [5.74, 6) is 0.451. The summed E-state index contributed by atoms with van der Waals surface area (Å²) in [5.41, 5.74) is 1.84. The maximum Gasteiger partial charge on any atom is 0.246 e. The van der Waals surface area contributed by atoms with Gasteiger partial charge in [-0.3, -0.25) is 4.79 Å². The summed E-state index contributed by atoms with van der Waals surface area (Å²) in [4.78, 5) is 16.3. The highest BCUT2D eigenvalue weighted by Crippen LogP contribution is 2.14. The lowest BCUT2D eigenvalue weighted by atomic mass is 10.1. The van der Waals surface area contributed by atoms with Crippen molar-refractivity contribution in [2.24, 2.45) is 4.99 Å². The SMILES string of the molecule is CCNC(=NCC(=O)Nc1ccccc1)NCCc1ccccc1Cl.I. The van der Waals surface area contributed by atoms with E-state index in [2.05, 4.69) is 20.9 Å². The van der Waals surface area contributed by atoms with E-state index in [4.69, 9.17) is 11.6 Å². The van der Waals surface area contributed by atoms with E-state index >= 15 is 0 Å². The molecule has 7 heteroatoms. The van der Waals surface area contributed by atoms with Crippen LogP contribution in [0.15, 0.2) is 59.6 Å². The molecule has 3 N–H and O–H groups in total. The fourth-order valence-electron chi connectivity index (χ4n) is 2.23. The number of aliphatic imine (C=N–C) groups is 1. The first kappa shape index (κ1) is 22.2. The Kier molecular flexibility index (Phi) is 10.7. The molecule has 0 unspecified atom stereocenters. The normalized spacial score (nSPS) is 10.6. The third-order valence-corrected chi connectivity index (χ3v) is 3.80. The summed E-state index contributed by atoms with van der Waals surface area (Å²) in [7, 11) is 0. The maximum atomic E-state index is 12.0. The van der Waals surface area contributed by atoms with Gasteiger partial charge in [0.05, 0.1) is 0 Å². The van der Waals surface area contributed by atoms with Crippen LogP contribution in [0, 0.1) is 0 Å². The van der Waals surface area contributed by atoms with Crippen LogP contribution in [-0.2, 0) is 11.2 Å². The number of anilines is 1. The van der Waals surface area contributed by atoms with Crippen LogP contribution >= 0.6 is 35.6 Å². The molecular formula is C19H24ClIN4O. The number of hydrogen-bond acceptors (Lipinski definition) is 2. The molecule has 0 spiro atoms. The predicted octanol–water partition coefficient (Wildman–Crippen LogP) is 3.69. The average Bonchev–Trinajstić information content (AvgIpc) is 2.62. The number of carbonyl (C=O) groups is 1. The highest BCUT2D eigenvalue weighted by molar-refractivity contribution is 14.0. The van der Waals surface area contributed by atoms with Crippen molar-refractivity contribution in [2.75, 3.05) is 25.0 Å². The average molecular weight is 487 g/mol. The lowest BCUT2D eigenvalue weighted by molar-refractivity contribution is -0.114. The number of guanidine groups is 1. The number of carbonyl (C=O) groups excluding carboxylic acids is 1. The summed E-state index contributed by atoms with van der Waals surface area (Å²) in [6.45, 7) is 3.43. The minimum absolute atomic E-state index is 0. The van der Waals surface area contributed by atoms with E-state index in [0.29, 0.717) is 12.5 Å². The Morgan fingerprint density at radius 3 is 2.42 bits per heavy atom. The Hall–Kier alpha value is -1.80. The van der Waals surface area contributed by atoms with Crippen LogP contribution in [0.3, 0.4) is 0 Å². The van der Waals surface area contributed by atoms with E-state index in [1.54, 1.807) is 0 Å². The van der Waals surface area contributed by atoms with Crippen molar-refractivity contribution in [1.82, 2.24) is 10.6 Å². The van der Waals surface area contributed by atoms with Gasteiger partial charge in [0.2, 0.25) is 5.91 Å².